The molecule has 3 aromatic carbocycles. The van der Waals surface area contributed by atoms with Gasteiger partial charge in [-0.3, -0.25) is 10.1 Å². The van der Waals surface area contributed by atoms with Crippen LogP contribution in [0.25, 0.3) is 10.8 Å². The monoisotopic (exact) mass is 378 g/mol. The van der Waals surface area contributed by atoms with Crippen LogP contribution in [0.1, 0.15) is 22.8 Å². The van der Waals surface area contributed by atoms with E-state index in [0.29, 0.717) is 22.4 Å². The van der Waals surface area contributed by atoms with Gasteiger partial charge in [-0.25, -0.2) is 0 Å². The van der Waals surface area contributed by atoms with Crippen LogP contribution in [0, 0.1) is 21.4 Å². The topological polar surface area (TPSA) is 106 Å². The Morgan fingerprint density at radius 2 is 1.93 bits per heavy atom. The highest BCUT2D eigenvalue weighted by atomic mass is 16.7. The summed E-state index contributed by atoms with van der Waals surface area (Å²) in [5.74, 6) is 0.416. The van der Waals surface area contributed by atoms with Gasteiger partial charge in [0.1, 0.15) is 5.75 Å². The van der Waals surface area contributed by atoms with E-state index >= 15 is 0 Å². The molecule has 0 aliphatic carbocycles. The maximum absolute atomic E-state index is 11.1. The predicted molar refractivity (Wildman–Crippen MR) is 103 cm³/mol. The maximum Gasteiger partial charge on any atom is 0.269 e. The number of nitrogens with zero attached hydrogens (tertiary/aromatic N) is 2. The smallest absolute Gasteiger partial charge is 0.269 e. The lowest BCUT2D eigenvalue weighted by atomic mass is 9.97. The van der Waals surface area contributed by atoms with Gasteiger partial charge in [-0.15, -0.1) is 0 Å². The zero-order valence-electron chi connectivity index (χ0n) is 15.2. The van der Waals surface area contributed by atoms with Crippen LogP contribution in [0.5, 0.6) is 5.75 Å². The SMILES string of the molecule is COCOc1ccc([N+](=O)[O-])cc1C[C@H](O)c1ccc2ccc(C#N)cc2c1. The van der Waals surface area contributed by atoms with Crippen molar-refractivity contribution in [1.82, 2.24) is 0 Å². The normalized spacial score (nSPS) is 11.8. The van der Waals surface area contributed by atoms with Crippen molar-refractivity contribution in [3.63, 3.8) is 0 Å². The number of ether oxygens (including phenoxy) is 2. The van der Waals surface area contributed by atoms with E-state index in [4.69, 9.17) is 14.7 Å². The molecule has 1 atom stereocenters. The van der Waals surface area contributed by atoms with Gasteiger partial charge in [-0.2, -0.15) is 5.26 Å². The largest absolute Gasteiger partial charge is 0.467 e. The summed E-state index contributed by atoms with van der Waals surface area (Å²) in [6, 6.07) is 17.2. The summed E-state index contributed by atoms with van der Waals surface area (Å²) in [6.07, 6.45) is -0.772. The number of methoxy groups -OCH3 is 1. The van der Waals surface area contributed by atoms with Gasteiger partial charge in [-0.05, 0) is 40.6 Å². The summed E-state index contributed by atoms with van der Waals surface area (Å²) in [4.78, 5) is 10.6. The summed E-state index contributed by atoms with van der Waals surface area (Å²) < 4.78 is 10.4. The summed E-state index contributed by atoms with van der Waals surface area (Å²) >= 11 is 0. The highest BCUT2D eigenvalue weighted by Gasteiger charge is 2.17. The second kappa shape index (κ2) is 8.48. The number of aliphatic hydroxyl groups is 1. The minimum Gasteiger partial charge on any atom is -0.467 e. The molecule has 1 N–H and O–H groups in total. The fourth-order valence-electron chi connectivity index (χ4n) is 2.97. The Bertz CT molecular complexity index is 1060. The molecule has 0 unspecified atom stereocenters. The number of non-ortho nitro benzene ring substituents is 1. The number of nitro groups is 1. The van der Waals surface area contributed by atoms with Crippen molar-refractivity contribution in [3.05, 3.63) is 81.4 Å². The van der Waals surface area contributed by atoms with Crippen LogP contribution < -0.4 is 4.74 Å². The Hall–Kier alpha value is -3.47. The van der Waals surface area contributed by atoms with Crippen LogP contribution in [0.15, 0.2) is 54.6 Å². The fourth-order valence-corrected chi connectivity index (χ4v) is 2.97. The van der Waals surface area contributed by atoms with Crippen LogP contribution in [0.2, 0.25) is 0 Å². The second-order valence-corrected chi connectivity index (χ2v) is 6.25. The van der Waals surface area contributed by atoms with E-state index in [1.807, 2.05) is 18.2 Å². The molecule has 0 bridgehead atoms. The Morgan fingerprint density at radius 3 is 2.64 bits per heavy atom. The van der Waals surface area contributed by atoms with E-state index in [1.165, 1.54) is 25.3 Å². The number of hydrogen-bond acceptors (Lipinski definition) is 6. The van der Waals surface area contributed by atoms with Crippen molar-refractivity contribution in [3.8, 4) is 11.8 Å². The summed E-state index contributed by atoms with van der Waals surface area (Å²) in [5, 5.41) is 32.7. The van der Waals surface area contributed by atoms with Gasteiger partial charge in [0, 0.05) is 31.2 Å². The quantitative estimate of drug-likeness (QED) is 0.380. The van der Waals surface area contributed by atoms with Crippen LogP contribution in [0.3, 0.4) is 0 Å². The highest BCUT2D eigenvalue weighted by molar-refractivity contribution is 5.84. The zero-order chi connectivity index (χ0) is 20.1. The third kappa shape index (κ3) is 4.26. The molecule has 7 nitrogen and oxygen atoms in total. The minimum atomic E-state index is -0.901. The number of benzene rings is 3. The lowest BCUT2D eigenvalue weighted by Crippen LogP contribution is -2.07. The van der Waals surface area contributed by atoms with Crippen LogP contribution in [0.4, 0.5) is 5.69 Å². The predicted octanol–water partition coefficient (Wildman–Crippen LogP) is 3.88. The molecule has 0 radical (unpaired) electrons. The van der Waals surface area contributed by atoms with E-state index in [1.54, 1.807) is 18.2 Å². The number of fused-ring (bicyclic) bond motifs is 1. The molecule has 0 spiro atoms. The Labute approximate surface area is 161 Å². The van der Waals surface area contributed by atoms with Crippen LogP contribution in [-0.2, 0) is 11.2 Å². The molecule has 3 aromatic rings. The van der Waals surface area contributed by atoms with Gasteiger partial charge < -0.3 is 14.6 Å². The van der Waals surface area contributed by atoms with Gasteiger partial charge >= 0.3 is 0 Å². The summed E-state index contributed by atoms with van der Waals surface area (Å²) in [7, 11) is 1.48. The molecule has 28 heavy (non-hydrogen) atoms. The molecule has 0 heterocycles. The van der Waals surface area contributed by atoms with Gasteiger partial charge in [0.2, 0.25) is 0 Å². The second-order valence-electron chi connectivity index (χ2n) is 6.25. The van der Waals surface area contributed by atoms with Crippen molar-refractivity contribution < 1.29 is 19.5 Å². The average Bonchev–Trinajstić information content (AvgIpc) is 2.71. The van der Waals surface area contributed by atoms with E-state index in [9.17, 15) is 15.2 Å². The van der Waals surface area contributed by atoms with Crippen molar-refractivity contribution in [2.24, 2.45) is 0 Å². The number of aliphatic hydroxyl groups excluding tert-OH is 1. The molecule has 7 heteroatoms. The zero-order valence-corrected chi connectivity index (χ0v) is 15.2. The average molecular weight is 378 g/mol. The van der Waals surface area contributed by atoms with Crippen LogP contribution in [-0.4, -0.2) is 23.9 Å². The van der Waals surface area contributed by atoms with Crippen molar-refractivity contribution in [2.45, 2.75) is 12.5 Å². The first kappa shape index (κ1) is 19.3. The lowest BCUT2D eigenvalue weighted by Gasteiger charge is -2.15. The molecule has 0 aliphatic rings. The van der Waals surface area contributed by atoms with Crippen LogP contribution >= 0.6 is 0 Å². The van der Waals surface area contributed by atoms with E-state index < -0.39 is 11.0 Å². The molecule has 0 fully saturated rings. The van der Waals surface area contributed by atoms with E-state index in [-0.39, 0.29) is 18.9 Å². The third-order valence-electron chi connectivity index (χ3n) is 4.38. The van der Waals surface area contributed by atoms with Gasteiger partial charge in [0.25, 0.3) is 5.69 Å². The Morgan fingerprint density at radius 1 is 1.14 bits per heavy atom. The fraction of sp³-hybridized carbons (Fsp3) is 0.190. The first-order valence-corrected chi connectivity index (χ1v) is 8.52. The van der Waals surface area contributed by atoms with Gasteiger partial charge in [-0.1, -0.05) is 18.2 Å². The first-order chi connectivity index (χ1) is 13.5. The van der Waals surface area contributed by atoms with Crippen molar-refractivity contribution in [2.75, 3.05) is 13.9 Å². The van der Waals surface area contributed by atoms with Gasteiger partial charge in [0.05, 0.1) is 22.7 Å². The third-order valence-corrected chi connectivity index (χ3v) is 4.38. The maximum atomic E-state index is 11.1. The standard InChI is InChI=1S/C21H18N2O5/c1-27-13-28-21-7-6-19(23(25)26)10-18(21)11-20(24)16-5-4-15-3-2-14(12-22)8-17(15)9-16/h2-10,20,24H,11,13H2,1H3/t20-/m0/s1. The molecule has 0 saturated carbocycles. The molecule has 0 saturated heterocycles. The summed E-state index contributed by atoms with van der Waals surface area (Å²) in [5.41, 5.74) is 1.61. The molecule has 0 amide bonds. The molecule has 3 rings (SSSR count). The van der Waals surface area contributed by atoms with Crippen molar-refractivity contribution >= 4 is 16.5 Å². The Balaban J connectivity index is 1.92. The minimum absolute atomic E-state index is 0.00613. The molecular formula is C21H18N2O5. The van der Waals surface area contributed by atoms with E-state index in [0.717, 1.165) is 10.8 Å². The highest BCUT2D eigenvalue weighted by Crippen LogP contribution is 2.30. The van der Waals surface area contributed by atoms with Gasteiger partial charge in [0.15, 0.2) is 6.79 Å². The summed E-state index contributed by atoms with van der Waals surface area (Å²) in [6.45, 7) is -0.00613. The Kier molecular flexibility index (Phi) is 5.84. The molecule has 0 aromatic heterocycles. The number of nitro benzene ring substituents is 1. The number of hydrogen-bond donors (Lipinski definition) is 1. The lowest BCUT2D eigenvalue weighted by molar-refractivity contribution is -0.384. The molecule has 0 aliphatic heterocycles. The number of rotatable bonds is 7. The first-order valence-electron chi connectivity index (χ1n) is 8.52. The molecular weight excluding hydrogens is 360 g/mol. The number of nitriles is 1. The van der Waals surface area contributed by atoms with Crippen molar-refractivity contribution in [1.29, 1.82) is 5.26 Å². The molecule has 142 valence electrons. The van der Waals surface area contributed by atoms with E-state index in [2.05, 4.69) is 6.07 Å².